The number of benzene rings is 3. The third-order valence-corrected chi connectivity index (χ3v) is 8.87. The van der Waals surface area contributed by atoms with Crippen molar-refractivity contribution >= 4 is 68.6 Å². The average Bonchev–Trinajstić information content (AvgIpc) is 3.22. The van der Waals surface area contributed by atoms with Crippen molar-refractivity contribution < 1.29 is 14.3 Å². The van der Waals surface area contributed by atoms with Gasteiger partial charge in [0.1, 0.15) is 12.4 Å². The van der Waals surface area contributed by atoms with Crippen LogP contribution < -0.4 is 19.6 Å². The van der Waals surface area contributed by atoms with Crippen LogP contribution >= 0.6 is 56.5 Å². The summed E-state index contributed by atoms with van der Waals surface area (Å²) in [5.74, 6) is 0.251. The van der Waals surface area contributed by atoms with Crippen molar-refractivity contribution in [2.75, 3.05) is 6.61 Å². The number of thiazole rings is 1. The average molecular weight is 776 g/mol. The second-order valence-electron chi connectivity index (χ2n) is 9.29. The summed E-state index contributed by atoms with van der Waals surface area (Å²) in [5.41, 5.74) is 4.49. The zero-order valence-corrected chi connectivity index (χ0v) is 27.2. The summed E-state index contributed by atoms with van der Waals surface area (Å²) in [7, 11) is 0. The second-order valence-corrected chi connectivity index (χ2v) is 12.7. The summed E-state index contributed by atoms with van der Waals surface area (Å²) in [5, 5.41) is 0. The lowest BCUT2D eigenvalue weighted by molar-refractivity contribution is -0.139. The molecule has 204 valence electrons. The highest BCUT2D eigenvalue weighted by Crippen LogP contribution is 2.32. The van der Waals surface area contributed by atoms with Crippen molar-refractivity contribution in [3.05, 3.63) is 127 Å². The summed E-state index contributed by atoms with van der Waals surface area (Å²) >= 11 is 5.85. The fourth-order valence-electron chi connectivity index (χ4n) is 4.57. The summed E-state index contributed by atoms with van der Waals surface area (Å²) in [6, 6.07) is 21.3. The number of aromatic nitrogens is 1. The predicted molar refractivity (Wildman–Crippen MR) is 174 cm³/mol. The summed E-state index contributed by atoms with van der Waals surface area (Å²) < 4.78 is 15.8. The molecule has 9 heteroatoms. The molecule has 0 aliphatic carbocycles. The molecule has 1 aliphatic rings. The highest BCUT2D eigenvalue weighted by atomic mass is 127. The Morgan fingerprint density at radius 1 is 1.07 bits per heavy atom. The van der Waals surface area contributed by atoms with E-state index in [9.17, 15) is 9.59 Å². The molecule has 1 atom stereocenters. The zero-order valence-electron chi connectivity index (χ0n) is 22.1. The van der Waals surface area contributed by atoms with E-state index in [0.29, 0.717) is 33.0 Å². The number of fused-ring (bicyclic) bond motifs is 1. The number of esters is 1. The molecule has 5 rings (SSSR count). The van der Waals surface area contributed by atoms with Gasteiger partial charge in [0.2, 0.25) is 0 Å². The number of hydrogen-bond donors (Lipinski definition) is 0. The molecule has 1 aromatic heterocycles. The monoisotopic (exact) mass is 776 g/mol. The van der Waals surface area contributed by atoms with Crippen LogP contribution in [0.5, 0.6) is 5.75 Å². The lowest BCUT2D eigenvalue weighted by Crippen LogP contribution is -2.39. The highest BCUT2D eigenvalue weighted by molar-refractivity contribution is 14.1. The molecule has 0 spiro atoms. The Kier molecular flexibility index (Phi) is 8.91. The van der Waals surface area contributed by atoms with Crippen molar-refractivity contribution in [2.24, 2.45) is 4.99 Å². The minimum atomic E-state index is -0.636. The molecule has 0 fully saturated rings. The van der Waals surface area contributed by atoms with E-state index in [-0.39, 0.29) is 12.2 Å². The van der Waals surface area contributed by atoms with Gasteiger partial charge in [-0.3, -0.25) is 9.36 Å². The number of allylic oxidation sites excluding steroid dienone is 1. The normalized spacial score (nSPS) is 15.0. The summed E-state index contributed by atoms with van der Waals surface area (Å²) in [6.45, 7) is 6.21. The first-order valence-corrected chi connectivity index (χ1v) is 15.7. The molecule has 3 aromatic carbocycles. The van der Waals surface area contributed by atoms with E-state index in [4.69, 9.17) is 9.47 Å². The minimum Gasteiger partial charge on any atom is -0.487 e. The largest absolute Gasteiger partial charge is 0.487 e. The van der Waals surface area contributed by atoms with Gasteiger partial charge in [-0.05, 0) is 95.3 Å². The number of halogens is 2. The van der Waals surface area contributed by atoms with Crippen LogP contribution in [0, 0.1) is 14.1 Å². The molecular weight excluding hydrogens is 750 g/mol. The quantitative estimate of drug-likeness (QED) is 0.174. The first-order chi connectivity index (χ1) is 19.3. The number of carbonyl (C=O) groups excluding carboxylic acids is 1. The lowest BCUT2D eigenvalue weighted by Gasteiger charge is -2.24. The molecule has 6 nitrogen and oxygen atoms in total. The topological polar surface area (TPSA) is 69.9 Å². The van der Waals surface area contributed by atoms with E-state index < -0.39 is 12.0 Å². The highest BCUT2D eigenvalue weighted by Gasteiger charge is 2.33. The van der Waals surface area contributed by atoms with Gasteiger partial charge in [0.05, 0.1) is 32.0 Å². The molecule has 0 N–H and O–H groups in total. The molecule has 4 aromatic rings. The summed E-state index contributed by atoms with van der Waals surface area (Å²) in [4.78, 5) is 32.4. The van der Waals surface area contributed by atoms with Gasteiger partial charge in [-0.25, -0.2) is 9.79 Å². The Morgan fingerprint density at radius 2 is 1.80 bits per heavy atom. The van der Waals surface area contributed by atoms with Gasteiger partial charge in [-0.1, -0.05) is 71.5 Å². The maximum Gasteiger partial charge on any atom is 0.338 e. The van der Waals surface area contributed by atoms with Crippen LogP contribution in [0.4, 0.5) is 0 Å². The smallest absolute Gasteiger partial charge is 0.338 e. The van der Waals surface area contributed by atoms with Crippen LogP contribution in [-0.2, 0) is 16.1 Å². The molecule has 0 radical (unpaired) electrons. The molecule has 0 saturated carbocycles. The van der Waals surface area contributed by atoms with E-state index in [1.54, 1.807) is 18.4 Å². The predicted octanol–water partition coefficient (Wildman–Crippen LogP) is 5.89. The second kappa shape index (κ2) is 12.4. The third-order valence-electron chi connectivity index (χ3n) is 6.46. The van der Waals surface area contributed by atoms with Crippen molar-refractivity contribution in [3.63, 3.8) is 0 Å². The van der Waals surface area contributed by atoms with E-state index in [2.05, 4.69) is 50.2 Å². The Hall–Kier alpha value is -2.77. The van der Waals surface area contributed by atoms with Gasteiger partial charge in [0.25, 0.3) is 5.56 Å². The van der Waals surface area contributed by atoms with Crippen LogP contribution in [-0.4, -0.2) is 17.1 Å². The van der Waals surface area contributed by atoms with E-state index in [1.807, 2.05) is 79.7 Å². The van der Waals surface area contributed by atoms with Gasteiger partial charge in [0.15, 0.2) is 4.80 Å². The Bertz CT molecular complexity index is 1790. The van der Waals surface area contributed by atoms with E-state index >= 15 is 0 Å². The first-order valence-electron chi connectivity index (χ1n) is 12.7. The van der Waals surface area contributed by atoms with Gasteiger partial charge in [0, 0.05) is 9.13 Å². The molecular formula is C31H26I2N2O4S. The SMILES string of the molecule is CCOC(=O)C1=C(C)N=c2s/c(=C\c3cc(I)cc(I)c3OCc3ccccc3)c(=O)n2[C@@H]1c1ccc(C)cc1. The van der Waals surface area contributed by atoms with Gasteiger partial charge in [-0.15, -0.1) is 0 Å². The molecule has 0 bridgehead atoms. The Morgan fingerprint density at radius 3 is 2.50 bits per heavy atom. The van der Waals surface area contributed by atoms with Crippen LogP contribution in [0.2, 0.25) is 0 Å². The molecule has 40 heavy (non-hydrogen) atoms. The van der Waals surface area contributed by atoms with Gasteiger partial charge in [-0.2, -0.15) is 0 Å². The number of carbonyl (C=O) groups is 1. The number of aryl methyl sites for hydroxylation is 1. The zero-order chi connectivity index (χ0) is 28.4. The van der Waals surface area contributed by atoms with Crippen molar-refractivity contribution in [1.29, 1.82) is 0 Å². The number of ether oxygens (including phenoxy) is 2. The first kappa shape index (κ1) is 28.7. The number of rotatable bonds is 7. The molecule has 0 unspecified atom stereocenters. The third kappa shape index (κ3) is 5.96. The fourth-order valence-corrected chi connectivity index (χ4v) is 7.65. The van der Waals surface area contributed by atoms with Crippen LogP contribution in [0.3, 0.4) is 0 Å². The van der Waals surface area contributed by atoms with Gasteiger partial charge < -0.3 is 9.47 Å². The molecule has 0 saturated heterocycles. The molecule has 2 heterocycles. The van der Waals surface area contributed by atoms with Crippen LogP contribution in [0.15, 0.2) is 87.8 Å². The van der Waals surface area contributed by atoms with Gasteiger partial charge >= 0.3 is 5.97 Å². The van der Waals surface area contributed by atoms with Crippen molar-refractivity contribution in [3.8, 4) is 5.75 Å². The van der Waals surface area contributed by atoms with E-state index in [0.717, 1.165) is 29.4 Å². The van der Waals surface area contributed by atoms with Crippen LogP contribution in [0.25, 0.3) is 6.08 Å². The molecule has 1 aliphatic heterocycles. The Labute approximate surface area is 263 Å². The Balaban J connectivity index is 1.65. The van der Waals surface area contributed by atoms with Crippen molar-refractivity contribution in [1.82, 2.24) is 4.57 Å². The fraction of sp³-hybridized carbons (Fsp3) is 0.194. The minimum absolute atomic E-state index is 0.216. The standard InChI is InChI=1S/C31H26I2N2O4S/c1-4-38-30(37)26-19(3)34-31-35(27(26)21-12-10-18(2)11-13-21)29(36)25(40-31)15-22-14-23(32)16-24(33)28(22)39-17-20-8-6-5-7-9-20/h5-16,27H,4,17H2,1-3H3/b25-15-/t27-/m1/s1. The summed E-state index contributed by atoms with van der Waals surface area (Å²) in [6.07, 6.45) is 1.87. The maximum absolute atomic E-state index is 14.0. The van der Waals surface area contributed by atoms with Crippen molar-refractivity contribution in [2.45, 2.75) is 33.4 Å². The number of nitrogens with zero attached hydrogens (tertiary/aromatic N) is 2. The lowest BCUT2D eigenvalue weighted by atomic mass is 9.95. The van der Waals surface area contributed by atoms with E-state index in [1.165, 1.54) is 11.3 Å². The maximum atomic E-state index is 14.0. The molecule has 0 amide bonds. The van der Waals surface area contributed by atoms with Crippen LogP contribution in [0.1, 0.15) is 42.1 Å². The number of hydrogen-bond acceptors (Lipinski definition) is 6.